The lowest BCUT2D eigenvalue weighted by Gasteiger charge is -1.88. The van der Waals surface area contributed by atoms with E-state index in [1.54, 1.807) is 0 Å². The maximum absolute atomic E-state index is 10.4. The molecule has 0 unspecified atom stereocenters. The van der Waals surface area contributed by atoms with Crippen molar-refractivity contribution in [2.75, 3.05) is 13.2 Å². The van der Waals surface area contributed by atoms with Crippen LogP contribution in [-0.2, 0) is 14.6 Å². The Kier molecular flexibility index (Phi) is 14.9. The summed E-state index contributed by atoms with van der Waals surface area (Å²) < 4.78 is 31.3. The van der Waals surface area contributed by atoms with E-state index >= 15 is 0 Å². The van der Waals surface area contributed by atoms with Crippen LogP contribution < -0.4 is 5.73 Å². The van der Waals surface area contributed by atoms with Crippen molar-refractivity contribution in [3.05, 3.63) is 0 Å². The van der Waals surface area contributed by atoms with Gasteiger partial charge < -0.3 is 10.8 Å². The molecule has 0 aliphatic heterocycles. The molecule has 9 heteroatoms. The van der Waals surface area contributed by atoms with Crippen molar-refractivity contribution >= 4 is 7.32 Å². The topological polar surface area (TPSA) is 73.9 Å². The van der Waals surface area contributed by atoms with Gasteiger partial charge in [0, 0.05) is 6.54 Å². The number of aliphatic hydroxyl groups is 1. The summed E-state index contributed by atoms with van der Waals surface area (Å²) in [5.74, 6) is 0. The molecular formula is C2H7BF3NO4. The lowest BCUT2D eigenvalue weighted by Crippen LogP contribution is -2.15. The van der Waals surface area contributed by atoms with E-state index in [1.807, 2.05) is 0 Å². The van der Waals surface area contributed by atoms with Crippen LogP contribution in [0.3, 0.4) is 0 Å². The van der Waals surface area contributed by atoms with Crippen LogP contribution in [0.15, 0.2) is 0 Å². The van der Waals surface area contributed by atoms with Crippen LogP contribution in [0.25, 0.3) is 0 Å². The summed E-state index contributed by atoms with van der Waals surface area (Å²) in [6.07, 6.45) is 0. The van der Waals surface area contributed by atoms with Gasteiger partial charge in [-0.2, -0.15) is 14.6 Å². The molecule has 0 heterocycles. The van der Waals surface area contributed by atoms with E-state index < -0.39 is 7.32 Å². The standard InChI is InChI=1S/C2H7NO.BF3O3/c3-1-2-4;2-5-1(6-3)7-4/h4H,1-3H2;. The Labute approximate surface area is 60.7 Å². The van der Waals surface area contributed by atoms with Crippen LogP contribution in [0.4, 0.5) is 13.6 Å². The lowest BCUT2D eigenvalue weighted by atomic mass is 10.3. The Morgan fingerprint density at radius 2 is 1.45 bits per heavy atom. The van der Waals surface area contributed by atoms with Gasteiger partial charge in [-0.05, 0) is 0 Å². The molecule has 0 saturated carbocycles. The summed E-state index contributed by atoms with van der Waals surface area (Å²) in [6, 6.07) is 0. The molecule has 3 N–H and O–H groups in total. The highest BCUT2D eigenvalue weighted by Crippen LogP contribution is 1.91. The quantitative estimate of drug-likeness (QED) is 0.572. The fraction of sp³-hybridized carbons (Fsp3) is 1.00. The van der Waals surface area contributed by atoms with E-state index in [-0.39, 0.29) is 6.61 Å². The van der Waals surface area contributed by atoms with Gasteiger partial charge in [0.2, 0.25) is 0 Å². The molecule has 0 aliphatic rings. The molecule has 11 heavy (non-hydrogen) atoms. The second kappa shape index (κ2) is 12.3. The number of hydrogen-bond donors (Lipinski definition) is 2. The molecule has 0 bridgehead atoms. The van der Waals surface area contributed by atoms with Gasteiger partial charge in [0.05, 0.1) is 6.61 Å². The van der Waals surface area contributed by atoms with Gasteiger partial charge in [0.15, 0.2) is 0 Å². The van der Waals surface area contributed by atoms with E-state index in [9.17, 15) is 13.6 Å². The molecule has 0 aromatic rings. The molecule has 0 spiro atoms. The molecule has 0 radical (unpaired) electrons. The molecule has 68 valence electrons. The highest BCUT2D eigenvalue weighted by Gasteiger charge is 2.24. The molecule has 0 amide bonds. The first-order valence-electron chi connectivity index (χ1n) is 2.39. The fourth-order valence-corrected chi connectivity index (χ4v) is 0.0412. The van der Waals surface area contributed by atoms with Crippen molar-refractivity contribution < 1.29 is 33.3 Å². The van der Waals surface area contributed by atoms with Crippen LogP contribution in [0.1, 0.15) is 0 Å². The Balaban J connectivity index is 0. The maximum Gasteiger partial charge on any atom is 0.737 e. The molecule has 5 nitrogen and oxygen atoms in total. The van der Waals surface area contributed by atoms with Gasteiger partial charge in [-0.1, -0.05) is 13.6 Å². The molecule has 0 fully saturated rings. The zero-order chi connectivity index (χ0) is 9.11. The zero-order valence-electron chi connectivity index (χ0n) is 5.37. The summed E-state index contributed by atoms with van der Waals surface area (Å²) in [7, 11) is -2.51. The molecular weight excluding hydrogens is 170 g/mol. The molecule has 0 aromatic heterocycles. The molecule has 0 aliphatic carbocycles. The van der Waals surface area contributed by atoms with Gasteiger partial charge >= 0.3 is 7.32 Å². The largest absolute Gasteiger partial charge is 0.737 e. The molecule has 0 atom stereocenters. The third kappa shape index (κ3) is 12.8. The van der Waals surface area contributed by atoms with Crippen molar-refractivity contribution in [2.24, 2.45) is 5.73 Å². The fourth-order valence-electron chi connectivity index (χ4n) is 0.0412. The Bertz CT molecular complexity index is 59.8. The first-order valence-corrected chi connectivity index (χ1v) is 2.39. The van der Waals surface area contributed by atoms with Crippen LogP contribution >= 0.6 is 0 Å². The summed E-state index contributed by atoms with van der Waals surface area (Å²) in [5.41, 5.74) is 4.78. The van der Waals surface area contributed by atoms with Crippen molar-refractivity contribution in [1.29, 1.82) is 0 Å². The van der Waals surface area contributed by atoms with E-state index in [2.05, 4.69) is 14.6 Å². The number of aliphatic hydroxyl groups excluding tert-OH is 1. The Hall–Kier alpha value is -0.345. The minimum absolute atomic E-state index is 0.0972. The smallest absolute Gasteiger partial charge is 0.395 e. The van der Waals surface area contributed by atoms with E-state index in [1.165, 1.54) is 0 Å². The zero-order valence-corrected chi connectivity index (χ0v) is 5.37. The number of rotatable bonds is 4. The normalized spacial score (nSPS) is 8.45. The highest BCUT2D eigenvalue weighted by atomic mass is 19.3. The van der Waals surface area contributed by atoms with Gasteiger partial charge in [-0.15, -0.1) is 0 Å². The van der Waals surface area contributed by atoms with Crippen molar-refractivity contribution in [3.63, 3.8) is 0 Å². The Morgan fingerprint density at radius 3 is 1.45 bits per heavy atom. The van der Waals surface area contributed by atoms with Crippen molar-refractivity contribution in [3.8, 4) is 0 Å². The average Bonchev–Trinajstić information content (AvgIpc) is 2.08. The number of hydrogen-bond acceptors (Lipinski definition) is 5. The van der Waals surface area contributed by atoms with E-state index in [0.29, 0.717) is 6.54 Å². The second-order valence-corrected chi connectivity index (χ2v) is 1.07. The van der Waals surface area contributed by atoms with Crippen LogP contribution in [0, 0.1) is 0 Å². The van der Waals surface area contributed by atoms with E-state index in [0.717, 1.165) is 0 Å². The predicted octanol–water partition coefficient (Wildman–Crippen LogP) is -0.388. The predicted molar refractivity (Wildman–Crippen MR) is 28.5 cm³/mol. The summed E-state index contributed by atoms with van der Waals surface area (Å²) in [4.78, 5) is 7.06. The van der Waals surface area contributed by atoms with Gasteiger partial charge in [-0.3, -0.25) is 0 Å². The van der Waals surface area contributed by atoms with Crippen molar-refractivity contribution in [2.45, 2.75) is 0 Å². The first-order chi connectivity index (χ1) is 5.26. The second-order valence-electron chi connectivity index (χ2n) is 1.07. The van der Waals surface area contributed by atoms with Crippen LogP contribution in [0.5, 0.6) is 0 Å². The maximum atomic E-state index is 10.4. The minimum Gasteiger partial charge on any atom is -0.395 e. The Morgan fingerprint density at radius 1 is 1.18 bits per heavy atom. The highest BCUT2D eigenvalue weighted by molar-refractivity contribution is 6.35. The molecule has 0 rings (SSSR count). The van der Waals surface area contributed by atoms with Crippen LogP contribution in [0.2, 0.25) is 0 Å². The number of nitrogens with two attached hydrogens (primary N) is 1. The average molecular weight is 177 g/mol. The molecule has 0 aromatic carbocycles. The monoisotopic (exact) mass is 177 g/mol. The summed E-state index contributed by atoms with van der Waals surface area (Å²) >= 11 is 0. The van der Waals surface area contributed by atoms with E-state index in [4.69, 9.17) is 10.8 Å². The molecule has 0 saturated heterocycles. The first kappa shape index (κ1) is 13.3. The third-order valence-corrected chi connectivity index (χ3v) is 0.347. The summed E-state index contributed by atoms with van der Waals surface area (Å²) in [6.45, 7) is 0.472. The van der Waals surface area contributed by atoms with Gasteiger partial charge in [0.1, 0.15) is 0 Å². The van der Waals surface area contributed by atoms with Crippen molar-refractivity contribution in [1.82, 2.24) is 0 Å². The SMILES string of the molecule is FOB(OF)OF.NCCO. The summed E-state index contributed by atoms with van der Waals surface area (Å²) in [5, 5.41) is 7.75. The van der Waals surface area contributed by atoms with Gasteiger partial charge in [0.25, 0.3) is 0 Å². The number of halogens is 3. The van der Waals surface area contributed by atoms with Crippen LogP contribution in [-0.4, -0.2) is 25.6 Å². The third-order valence-electron chi connectivity index (χ3n) is 0.347. The van der Waals surface area contributed by atoms with Gasteiger partial charge in [-0.25, -0.2) is 0 Å². The minimum atomic E-state index is -2.51. The lowest BCUT2D eigenvalue weighted by molar-refractivity contribution is -0.190.